The Morgan fingerprint density at radius 2 is 2.00 bits per heavy atom. The van der Waals surface area contributed by atoms with E-state index in [0.29, 0.717) is 12.0 Å². The Morgan fingerprint density at radius 1 is 1.25 bits per heavy atom. The second-order valence-corrected chi connectivity index (χ2v) is 5.70. The van der Waals surface area contributed by atoms with Crippen molar-refractivity contribution < 1.29 is 5.11 Å². The lowest BCUT2D eigenvalue weighted by atomic mass is 9.68. The summed E-state index contributed by atoms with van der Waals surface area (Å²) in [5.74, 6) is 0.548. The summed E-state index contributed by atoms with van der Waals surface area (Å²) in [5, 5.41) is 10.7. The standard InChI is InChI=1S/C14H27NO/c1-3-10-15-11-9-14(16,4-2)12-7-5-6-8-13(12)15/h12-13,16H,3-11H2,1-2H3. The highest BCUT2D eigenvalue weighted by Crippen LogP contribution is 2.42. The quantitative estimate of drug-likeness (QED) is 0.798. The van der Waals surface area contributed by atoms with Crippen LogP contribution in [0.25, 0.3) is 0 Å². The SMILES string of the molecule is CCCN1CCC(O)(CC)C2CCCCC21. The predicted molar refractivity (Wildman–Crippen MR) is 67.5 cm³/mol. The molecule has 1 saturated heterocycles. The fourth-order valence-corrected chi connectivity index (χ4v) is 3.87. The molecular weight excluding hydrogens is 198 g/mol. The monoisotopic (exact) mass is 225 g/mol. The second kappa shape index (κ2) is 5.05. The Labute approximate surface area is 100 Å². The summed E-state index contributed by atoms with van der Waals surface area (Å²) >= 11 is 0. The fraction of sp³-hybridized carbons (Fsp3) is 1.00. The Kier molecular flexibility index (Phi) is 3.91. The molecule has 2 fully saturated rings. The zero-order valence-electron chi connectivity index (χ0n) is 10.9. The van der Waals surface area contributed by atoms with E-state index in [1.165, 1.54) is 38.6 Å². The van der Waals surface area contributed by atoms with Crippen molar-refractivity contribution in [2.75, 3.05) is 13.1 Å². The molecule has 1 aliphatic heterocycles. The van der Waals surface area contributed by atoms with Gasteiger partial charge in [-0.2, -0.15) is 0 Å². The molecule has 0 radical (unpaired) electrons. The average Bonchev–Trinajstić information content (AvgIpc) is 2.34. The zero-order chi connectivity index (χ0) is 11.6. The Balaban J connectivity index is 2.11. The largest absolute Gasteiger partial charge is 0.390 e. The molecular formula is C14H27NO. The molecule has 1 saturated carbocycles. The smallest absolute Gasteiger partial charge is 0.0700 e. The minimum absolute atomic E-state index is 0.352. The Hall–Kier alpha value is -0.0800. The highest BCUT2D eigenvalue weighted by Gasteiger charge is 2.46. The second-order valence-electron chi connectivity index (χ2n) is 5.70. The van der Waals surface area contributed by atoms with Crippen LogP contribution in [0.2, 0.25) is 0 Å². The van der Waals surface area contributed by atoms with Crippen LogP contribution < -0.4 is 0 Å². The summed E-state index contributed by atoms with van der Waals surface area (Å²) in [6.07, 6.45) is 8.42. The number of hydrogen-bond acceptors (Lipinski definition) is 2. The fourth-order valence-electron chi connectivity index (χ4n) is 3.87. The van der Waals surface area contributed by atoms with E-state index in [1.54, 1.807) is 0 Å². The number of likely N-dealkylation sites (tertiary alicyclic amines) is 1. The molecule has 2 nitrogen and oxygen atoms in total. The van der Waals surface area contributed by atoms with E-state index in [9.17, 15) is 5.11 Å². The van der Waals surface area contributed by atoms with Crippen LogP contribution in [0.15, 0.2) is 0 Å². The normalized spacial score (nSPS) is 40.7. The van der Waals surface area contributed by atoms with Crippen molar-refractivity contribution in [2.45, 2.75) is 70.4 Å². The van der Waals surface area contributed by atoms with Gasteiger partial charge in [0.1, 0.15) is 0 Å². The molecule has 3 unspecified atom stereocenters. The molecule has 0 aromatic rings. The van der Waals surface area contributed by atoms with Gasteiger partial charge in [0.15, 0.2) is 0 Å². The van der Waals surface area contributed by atoms with Gasteiger partial charge in [-0.3, -0.25) is 4.90 Å². The van der Waals surface area contributed by atoms with E-state index in [0.717, 1.165) is 19.4 Å². The molecule has 0 aromatic carbocycles. The predicted octanol–water partition coefficient (Wildman–Crippen LogP) is 2.80. The van der Waals surface area contributed by atoms with Gasteiger partial charge in [-0.05, 0) is 38.6 Å². The molecule has 1 aliphatic carbocycles. The lowest BCUT2D eigenvalue weighted by Crippen LogP contribution is -2.58. The van der Waals surface area contributed by atoms with Gasteiger partial charge in [0, 0.05) is 18.5 Å². The van der Waals surface area contributed by atoms with Crippen LogP contribution in [-0.4, -0.2) is 34.7 Å². The van der Waals surface area contributed by atoms with Gasteiger partial charge in [-0.1, -0.05) is 26.7 Å². The van der Waals surface area contributed by atoms with E-state index < -0.39 is 0 Å². The van der Waals surface area contributed by atoms with Crippen molar-refractivity contribution >= 4 is 0 Å². The van der Waals surface area contributed by atoms with E-state index >= 15 is 0 Å². The number of hydrogen-bond donors (Lipinski definition) is 1. The first-order chi connectivity index (χ1) is 7.71. The van der Waals surface area contributed by atoms with Crippen molar-refractivity contribution in [3.8, 4) is 0 Å². The van der Waals surface area contributed by atoms with Crippen LogP contribution >= 0.6 is 0 Å². The van der Waals surface area contributed by atoms with Crippen molar-refractivity contribution in [3.63, 3.8) is 0 Å². The van der Waals surface area contributed by atoms with Gasteiger partial charge < -0.3 is 5.11 Å². The molecule has 3 atom stereocenters. The first-order valence-electron chi connectivity index (χ1n) is 7.17. The van der Waals surface area contributed by atoms with Crippen molar-refractivity contribution in [3.05, 3.63) is 0 Å². The first-order valence-corrected chi connectivity index (χ1v) is 7.17. The topological polar surface area (TPSA) is 23.5 Å². The Bertz CT molecular complexity index is 231. The van der Waals surface area contributed by atoms with Crippen LogP contribution in [0, 0.1) is 5.92 Å². The van der Waals surface area contributed by atoms with Gasteiger partial charge in [-0.25, -0.2) is 0 Å². The number of aliphatic hydroxyl groups is 1. The van der Waals surface area contributed by atoms with Crippen molar-refractivity contribution in [1.82, 2.24) is 4.90 Å². The van der Waals surface area contributed by atoms with Crippen LogP contribution in [0.3, 0.4) is 0 Å². The molecule has 1 N–H and O–H groups in total. The number of rotatable bonds is 3. The lowest BCUT2D eigenvalue weighted by molar-refractivity contribution is -0.116. The van der Waals surface area contributed by atoms with Crippen LogP contribution in [0.5, 0.6) is 0 Å². The summed E-state index contributed by atoms with van der Waals surface area (Å²) in [7, 11) is 0. The molecule has 16 heavy (non-hydrogen) atoms. The van der Waals surface area contributed by atoms with Gasteiger partial charge in [0.2, 0.25) is 0 Å². The number of nitrogens with zero attached hydrogens (tertiary/aromatic N) is 1. The van der Waals surface area contributed by atoms with E-state index in [-0.39, 0.29) is 5.60 Å². The maximum Gasteiger partial charge on any atom is 0.0700 e. The lowest BCUT2D eigenvalue weighted by Gasteiger charge is -2.52. The zero-order valence-corrected chi connectivity index (χ0v) is 10.9. The van der Waals surface area contributed by atoms with Crippen LogP contribution in [0.4, 0.5) is 0 Å². The molecule has 2 aliphatic rings. The van der Waals surface area contributed by atoms with E-state index in [2.05, 4.69) is 18.7 Å². The maximum atomic E-state index is 10.7. The van der Waals surface area contributed by atoms with E-state index in [4.69, 9.17) is 0 Å². The maximum absolute atomic E-state index is 10.7. The van der Waals surface area contributed by atoms with Crippen molar-refractivity contribution in [1.29, 1.82) is 0 Å². The molecule has 94 valence electrons. The molecule has 2 heteroatoms. The first kappa shape index (κ1) is 12.4. The summed E-state index contributed by atoms with van der Waals surface area (Å²) in [4.78, 5) is 2.65. The highest BCUT2D eigenvalue weighted by atomic mass is 16.3. The summed E-state index contributed by atoms with van der Waals surface area (Å²) < 4.78 is 0. The van der Waals surface area contributed by atoms with E-state index in [1.807, 2.05) is 0 Å². The molecule has 0 spiro atoms. The highest BCUT2D eigenvalue weighted by molar-refractivity contribution is 5.00. The van der Waals surface area contributed by atoms with Gasteiger partial charge in [-0.15, -0.1) is 0 Å². The van der Waals surface area contributed by atoms with Gasteiger partial charge in [0.05, 0.1) is 5.60 Å². The summed E-state index contributed by atoms with van der Waals surface area (Å²) in [6.45, 7) is 6.75. The average molecular weight is 225 g/mol. The summed E-state index contributed by atoms with van der Waals surface area (Å²) in [6, 6.07) is 0.674. The van der Waals surface area contributed by atoms with Gasteiger partial charge in [0.25, 0.3) is 0 Å². The van der Waals surface area contributed by atoms with Crippen molar-refractivity contribution in [2.24, 2.45) is 5.92 Å². The van der Waals surface area contributed by atoms with Gasteiger partial charge >= 0.3 is 0 Å². The summed E-state index contributed by atoms with van der Waals surface area (Å²) in [5.41, 5.74) is -0.352. The number of fused-ring (bicyclic) bond motifs is 1. The molecule has 1 heterocycles. The molecule has 2 rings (SSSR count). The van der Waals surface area contributed by atoms with Crippen LogP contribution in [0.1, 0.15) is 58.8 Å². The molecule has 0 bridgehead atoms. The third-order valence-electron chi connectivity index (χ3n) is 4.84. The third-order valence-corrected chi connectivity index (χ3v) is 4.84. The minimum Gasteiger partial charge on any atom is -0.390 e. The third kappa shape index (κ3) is 2.14. The Morgan fingerprint density at radius 3 is 2.69 bits per heavy atom. The minimum atomic E-state index is -0.352. The number of piperidine rings is 1. The molecule has 0 aromatic heterocycles. The van der Waals surface area contributed by atoms with Crippen LogP contribution in [-0.2, 0) is 0 Å². The molecule has 0 amide bonds.